The van der Waals surface area contributed by atoms with Gasteiger partial charge in [0.15, 0.2) is 5.82 Å². The van der Waals surface area contributed by atoms with Crippen LogP contribution in [0.1, 0.15) is 28.8 Å². The Morgan fingerprint density at radius 2 is 1.60 bits per heavy atom. The predicted octanol–water partition coefficient (Wildman–Crippen LogP) is 4.60. The number of piperazine rings is 1. The van der Waals surface area contributed by atoms with Crippen LogP contribution in [0, 0.1) is 16.4 Å². The van der Waals surface area contributed by atoms with Crippen molar-refractivity contribution in [3.05, 3.63) is 106 Å². The van der Waals surface area contributed by atoms with Crippen molar-refractivity contribution in [1.82, 2.24) is 24.7 Å². The molecule has 1 fully saturated rings. The maximum Gasteiger partial charge on any atom is 0.216 e. The Hall–Kier alpha value is -3.47. The van der Waals surface area contributed by atoms with Crippen LogP contribution in [-0.2, 0) is 6.54 Å². The monoisotopic (exact) mass is 494 g/mol. The van der Waals surface area contributed by atoms with Crippen molar-refractivity contribution in [3.63, 3.8) is 0 Å². The van der Waals surface area contributed by atoms with Gasteiger partial charge < -0.3 is 4.42 Å². The molecule has 0 radical (unpaired) electrons. The smallest absolute Gasteiger partial charge is 0.216 e. The molecule has 180 valence electrons. The van der Waals surface area contributed by atoms with E-state index in [-0.39, 0.29) is 17.7 Å². The number of halogens is 2. The van der Waals surface area contributed by atoms with Crippen LogP contribution >= 0.6 is 12.2 Å². The summed E-state index contributed by atoms with van der Waals surface area (Å²) in [4.78, 5) is 4.62. The maximum absolute atomic E-state index is 13.6. The van der Waals surface area contributed by atoms with Crippen LogP contribution in [0.15, 0.2) is 76.4 Å². The molecule has 0 amide bonds. The van der Waals surface area contributed by atoms with Gasteiger partial charge in [-0.25, -0.2) is 8.78 Å². The van der Waals surface area contributed by atoms with Crippen LogP contribution < -0.4 is 0 Å². The lowest BCUT2D eigenvalue weighted by Crippen LogP contribution is -2.47. The van der Waals surface area contributed by atoms with E-state index >= 15 is 0 Å². The van der Waals surface area contributed by atoms with Gasteiger partial charge in [-0.2, -0.15) is 14.9 Å². The highest BCUT2D eigenvalue weighted by atomic mass is 32.1. The fourth-order valence-corrected chi connectivity index (χ4v) is 4.51. The van der Waals surface area contributed by atoms with E-state index in [0.29, 0.717) is 22.9 Å². The van der Waals surface area contributed by atoms with Crippen LogP contribution in [0.2, 0.25) is 0 Å². The summed E-state index contributed by atoms with van der Waals surface area (Å²) in [6.07, 6.45) is 3.18. The Kier molecular flexibility index (Phi) is 6.94. The zero-order valence-corrected chi connectivity index (χ0v) is 19.7. The lowest BCUT2D eigenvalue weighted by Gasteiger charge is -2.39. The topological polar surface area (TPSA) is 65.6 Å². The highest BCUT2D eigenvalue weighted by Gasteiger charge is 2.27. The van der Waals surface area contributed by atoms with E-state index in [4.69, 9.17) is 16.6 Å². The van der Waals surface area contributed by atoms with Gasteiger partial charge in [0.25, 0.3) is 0 Å². The van der Waals surface area contributed by atoms with Crippen molar-refractivity contribution >= 4 is 18.4 Å². The molecule has 0 atom stereocenters. The lowest BCUT2D eigenvalue weighted by atomic mass is 9.96. The zero-order valence-electron chi connectivity index (χ0n) is 18.8. The predicted molar refractivity (Wildman–Crippen MR) is 131 cm³/mol. The van der Waals surface area contributed by atoms with Crippen molar-refractivity contribution < 1.29 is 13.2 Å². The summed E-state index contributed by atoms with van der Waals surface area (Å²) >= 11 is 5.34. The van der Waals surface area contributed by atoms with Gasteiger partial charge in [-0.1, -0.05) is 24.3 Å². The molecule has 1 aliphatic heterocycles. The fourth-order valence-electron chi connectivity index (χ4n) is 4.31. The van der Waals surface area contributed by atoms with E-state index in [0.717, 1.165) is 37.3 Å². The summed E-state index contributed by atoms with van der Waals surface area (Å²) in [5, 5.41) is 11.6. The van der Waals surface area contributed by atoms with E-state index in [9.17, 15) is 8.78 Å². The molecule has 0 saturated carbocycles. The summed E-state index contributed by atoms with van der Waals surface area (Å²) < 4.78 is 34.5. The lowest BCUT2D eigenvalue weighted by molar-refractivity contribution is 0.102. The molecule has 0 bridgehead atoms. The molecule has 1 N–H and O–H groups in total. The Balaban J connectivity index is 1.29. The quantitative estimate of drug-likeness (QED) is 0.301. The summed E-state index contributed by atoms with van der Waals surface area (Å²) in [6, 6.07) is 16.6. The van der Waals surface area contributed by atoms with Gasteiger partial charge in [-0.3, -0.25) is 14.9 Å². The largest absolute Gasteiger partial charge is 0.463 e. The van der Waals surface area contributed by atoms with Gasteiger partial charge in [0, 0.05) is 26.2 Å². The fraction of sp³-hybridized carbons (Fsp3) is 0.240. The molecule has 7 nitrogen and oxygen atoms in total. The number of aromatic amines is 1. The van der Waals surface area contributed by atoms with Crippen molar-refractivity contribution in [1.29, 1.82) is 0 Å². The van der Waals surface area contributed by atoms with Crippen LogP contribution in [0.5, 0.6) is 0 Å². The number of benzene rings is 2. The highest BCUT2D eigenvalue weighted by Crippen LogP contribution is 2.30. The SMILES string of the molecule is Fc1ccc(C(c2ccc(F)cc2)N2CCN(Cc3n[nH]c(=S)n3/N=C/c3ccco3)CC2)cc1. The van der Waals surface area contributed by atoms with E-state index in [2.05, 4.69) is 25.1 Å². The molecule has 4 aromatic rings. The van der Waals surface area contributed by atoms with Crippen LogP contribution in [-0.4, -0.2) is 57.1 Å². The molecule has 10 heteroatoms. The number of H-pyrrole nitrogens is 1. The normalized spacial score (nSPS) is 15.4. The van der Waals surface area contributed by atoms with Crippen molar-refractivity contribution in [2.45, 2.75) is 12.6 Å². The second-order valence-corrected chi connectivity index (χ2v) is 8.72. The second-order valence-electron chi connectivity index (χ2n) is 8.33. The molecule has 1 saturated heterocycles. The van der Waals surface area contributed by atoms with Crippen molar-refractivity contribution in [2.75, 3.05) is 26.2 Å². The van der Waals surface area contributed by atoms with Crippen molar-refractivity contribution in [2.24, 2.45) is 5.10 Å². The minimum absolute atomic E-state index is 0.0918. The second kappa shape index (κ2) is 10.4. The van der Waals surface area contributed by atoms with Gasteiger partial charge in [-0.05, 0) is 59.7 Å². The third-order valence-electron chi connectivity index (χ3n) is 6.07. The van der Waals surface area contributed by atoms with Gasteiger partial charge in [0.1, 0.15) is 17.4 Å². The van der Waals surface area contributed by atoms with Gasteiger partial charge in [0.05, 0.1) is 25.1 Å². The van der Waals surface area contributed by atoms with E-state index < -0.39 is 0 Å². The summed E-state index contributed by atoms with van der Waals surface area (Å²) in [5.41, 5.74) is 1.94. The molecule has 0 spiro atoms. The van der Waals surface area contributed by atoms with Gasteiger partial charge in [0.2, 0.25) is 4.77 Å². The average molecular weight is 495 g/mol. The van der Waals surface area contributed by atoms with Gasteiger partial charge >= 0.3 is 0 Å². The summed E-state index contributed by atoms with van der Waals surface area (Å²) in [7, 11) is 0. The molecule has 0 aliphatic carbocycles. The first-order valence-corrected chi connectivity index (χ1v) is 11.7. The first-order chi connectivity index (χ1) is 17.1. The van der Waals surface area contributed by atoms with Gasteiger partial charge in [-0.15, -0.1) is 0 Å². The number of furan rings is 1. The summed E-state index contributed by atoms with van der Waals surface area (Å²) in [6.45, 7) is 3.72. The number of rotatable bonds is 7. The standard InChI is InChI=1S/C25H24F2N6OS/c26-20-7-3-18(4-8-20)24(19-5-9-21(27)10-6-19)32-13-11-31(12-14-32)17-23-29-30-25(35)33(23)28-16-22-2-1-15-34-22/h1-10,15-16,24H,11-14,17H2,(H,30,35)/b28-16+. The maximum atomic E-state index is 13.6. The third kappa shape index (κ3) is 5.45. The molecule has 3 heterocycles. The van der Waals surface area contributed by atoms with E-state index in [1.54, 1.807) is 47.5 Å². The first kappa shape index (κ1) is 23.3. The highest BCUT2D eigenvalue weighted by molar-refractivity contribution is 7.71. The minimum Gasteiger partial charge on any atom is -0.463 e. The molecular weight excluding hydrogens is 470 g/mol. The Morgan fingerprint density at radius 1 is 0.971 bits per heavy atom. The van der Waals surface area contributed by atoms with E-state index in [1.807, 2.05) is 6.07 Å². The zero-order chi connectivity index (χ0) is 24.2. The molecular formula is C25H24F2N6OS. The van der Waals surface area contributed by atoms with Crippen molar-refractivity contribution in [3.8, 4) is 0 Å². The number of hydrogen-bond donors (Lipinski definition) is 1. The third-order valence-corrected chi connectivity index (χ3v) is 6.33. The van der Waals surface area contributed by atoms with Crippen LogP contribution in [0.25, 0.3) is 0 Å². The Labute approximate surface area is 206 Å². The number of hydrogen-bond acceptors (Lipinski definition) is 6. The van der Waals surface area contributed by atoms with Crippen LogP contribution in [0.4, 0.5) is 8.78 Å². The van der Waals surface area contributed by atoms with E-state index in [1.165, 1.54) is 24.3 Å². The molecule has 2 aromatic carbocycles. The molecule has 1 aliphatic rings. The van der Waals surface area contributed by atoms with Crippen LogP contribution in [0.3, 0.4) is 0 Å². The molecule has 5 rings (SSSR count). The Bertz CT molecular complexity index is 1280. The summed E-state index contributed by atoms with van der Waals surface area (Å²) in [5.74, 6) is 0.777. The first-order valence-electron chi connectivity index (χ1n) is 11.3. The average Bonchev–Trinajstić information content (AvgIpc) is 3.51. The molecule has 35 heavy (non-hydrogen) atoms. The number of aromatic nitrogens is 3. The molecule has 2 aromatic heterocycles. The number of nitrogens with one attached hydrogen (secondary N) is 1. The number of nitrogens with zero attached hydrogens (tertiary/aromatic N) is 5. The minimum atomic E-state index is -0.278. The Morgan fingerprint density at radius 3 is 2.17 bits per heavy atom. The molecule has 0 unspecified atom stereocenters.